The number of rotatable bonds is 8. The third kappa shape index (κ3) is 4.90. The molecule has 2 heterocycles. The zero-order valence-electron chi connectivity index (χ0n) is 17.1. The topological polar surface area (TPSA) is 146 Å². The van der Waals surface area contributed by atoms with Crippen molar-refractivity contribution >= 4 is 27.3 Å². The Balaban J connectivity index is 1.65. The molecule has 11 heteroatoms. The second kappa shape index (κ2) is 9.12. The summed E-state index contributed by atoms with van der Waals surface area (Å²) in [5.74, 6) is 0.740. The Morgan fingerprint density at radius 3 is 2.44 bits per heavy atom. The monoisotopic (exact) mass is 451 g/mol. The van der Waals surface area contributed by atoms with Gasteiger partial charge in [0.1, 0.15) is 11.5 Å². The van der Waals surface area contributed by atoms with E-state index in [-0.39, 0.29) is 17.5 Å². The Bertz CT molecular complexity index is 1280. The van der Waals surface area contributed by atoms with Crippen LogP contribution in [0, 0.1) is 0 Å². The average molecular weight is 452 g/mol. The molecule has 10 nitrogen and oxygen atoms in total. The zero-order valence-corrected chi connectivity index (χ0v) is 17.9. The van der Waals surface area contributed by atoms with Crippen LogP contribution in [0.3, 0.4) is 0 Å². The molecule has 4 N–H and O–H groups in total. The number of aliphatic hydroxyl groups is 1. The fourth-order valence-electron chi connectivity index (χ4n) is 3.07. The minimum absolute atomic E-state index is 0.151. The standard InChI is InChI=1S/C21H21N7O3S/c1-32(30,31)16-9-7-15(8-10-16)24-21-22-11-17(18-12-23-28-27-18)20(26-21)25-19(13-29)14-5-3-2-4-6-14/h2-12,19,29H,13H2,1H3,(H,23,27,28)(H2,22,24,25,26)/t19-/m1/s1. The second-order valence-electron chi connectivity index (χ2n) is 7.02. The van der Waals surface area contributed by atoms with E-state index in [1.54, 1.807) is 24.5 Å². The van der Waals surface area contributed by atoms with Crippen molar-refractivity contribution in [1.82, 2.24) is 25.4 Å². The summed E-state index contributed by atoms with van der Waals surface area (Å²) in [6.07, 6.45) is 4.31. The van der Waals surface area contributed by atoms with Crippen LogP contribution in [0.15, 0.2) is 71.9 Å². The van der Waals surface area contributed by atoms with Gasteiger partial charge in [0.2, 0.25) is 5.95 Å². The number of benzene rings is 2. The number of H-pyrrole nitrogens is 1. The molecule has 0 saturated carbocycles. The van der Waals surface area contributed by atoms with Crippen LogP contribution in [0.2, 0.25) is 0 Å². The lowest BCUT2D eigenvalue weighted by Crippen LogP contribution is -2.17. The van der Waals surface area contributed by atoms with E-state index in [9.17, 15) is 13.5 Å². The van der Waals surface area contributed by atoms with E-state index in [2.05, 4.69) is 36.0 Å². The summed E-state index contributed by atoms with van der Waals surface area (Å²) in [4.78, 5) is 9.13. The molecule has 0 aliphatic carbocycles. The number of aromatic amines is 1. The maximum absolute atomic E-state index is 11.7. The van der Waals surface area contributed by atoms with Gasteiger partial charge in [-0.1, -0.05) is 30.3 Å². The van der Waals surface area contributed by atoms with Crippen molar-refractivity contribution < 1.29 is 13.5 Å². The van der Waals surface area contributed by atoms with Gasteiger partial charge in [0.05, 0.1) is 29.3 Å². The van der Waals surface area contributed by atoms with E-state index < -0.39 is 15.9 Å². The molecule has 0 fully saturated rings. The predicted molar refractivity (Wildman–Crippen MR) is 120 cm³/mol. The summed E-state index contributed by atoms with van der Waals surface area (Å²) in [5, 5.41) is 26.8. The summed E-state index contributed by atoms with van der Waals surface area (Å²) >= 11 is 0. The molecule has 0 aliphatic heterocycles. The summed E-state index contributed by atoms with van der Waals surface area (Å²) in [6.45, 7) is -0.151. The maximum atomic E-state index is 11.7. The quantitative estimate of drug-likeness (QED) is 0.317. The van der Waals surface area contributed by atoms with Crippen molar-refractivity contribution in [3.8, 4) is 11.3 Å². The van der Waals surface area contributed by atoms with Crippen molar-refractivity contribution in [2.24, 2.45) is 0 Å². The first-order valence-corrected chi connectivity index (χ1v) is 11.6. The van der Waals surface area contributed by atoms with E-state index in [1.807, 2.05) is 30.3 Å². The van der Waals surface area contributed by atoms with Crippen LogP contribution < -0.4 is 10.6 Å². The van der Waals surface area contributed by atoms with E-state index >= 15 is 0 Å². The molecule has 2 aromatic carbocycles. The number of nitrogens with one attached hydrogen (secondary N) is 3. The van der Waals surface area contributed by atoms with Crippen LogP contribution in [0.5, 0.6) is 0 Å². The maximum Gasteiger partial charge on any atom is 0.229 e. The van der Waals surface area contributed by atoms with Gasteiger partial charge in [0.25, 0.3) is 0 Å². The third-order valence-electron chi connectivity index (χ3n) is 4.71. The lowest BCUT2D eigenvalue weighted by atomic mass is 10.1. The molecule has 0 radical (unpaired) electrons. The van der Waals surface area contributed by atoms with Crippen LogP contribution in [0.1, 0.15) is 11.6 Å². The number of aromatic nitrogens is 5. The first kappa shape index (κ1) is 21.4. The van der Waals surface area contributed by atoms with E-state index in [0.29, 0.717) is 22.8 Å². The smallest absolute Gasteiger partial charge is 0.229 e. The fraction of sp³-hybridized carbons (Fsp3) is 0.143. The van der Waals surface area contributed by atoms with Crippen molar-refractivity contribution in [3.63, 3.8) is 0 Å². The largest absolute Gasteiger partial charge is 0.394 e. The molecule has 0 spiro atoms. The number of sulfone groups is 1. The van der Waals surface area contributed by atoms with E-state index in [4.69, 9.17) is 0 Å². The second-order valence-corrected chi connectivity index (χ2v) is 9.04. The molecule has 0 aliphatic rings. The Morgan fingerprint density at radius 2 is 1.81 bits per heavy atom. The lowest BCUT2D eigenvalue weighted by molar-refractivity contribution is 0.276. The number of hydrogen-bond acceptors (Lipinski definition) is 9. The fourth-order valence-corrected chi connectivity index (χ4v) is 3.70. The molecule has 1 atom stereocenters. The molecule has 32 heavy (non-hydrogen) atoms. The molecule has 0 unspecified atom stereocenters. The molecule has 2 aromatic heterocycles. The van der Waals surface area contributed by atoms with Gasteiger partial charge in [-0.25, -0.2) is 13.4 Å². The predicted octanol–water partition coefficient (Wildman–Crippen LogP) is 2.55. The van der Waals surface area contributed by atoms with Gasteiger partial charge in [0, 0.05) is 18.1 Å². The first-order valence-electron chi connectivity index (χ1n) is 9.66. The van der Waals surface area contributed by atoms with Gasteiger partial charge in [-0.05, 0) is 29.8 Å². The highest BCUT2D eigenvalue weighted by atomic mass is 32.2. The highest BCUT2D eigenvalue weighted by Crippen LogP contribution is 2.29. The molecule has 4 aromatic rings. The highest BCUT2D eigenvalue weighted by molar-refractivity contribution is 7.90. The zero-order chi connectivity index (χ0) is 22.6. The SMILES string of the molecule is CS(=O)(=O)c1ccc(Nc2ncc(-c3cn[nH]n3)c(N[C@H](CO)c3ccccc3)n2)cc1. The van der Waals surface area contributed by atoms with Gasteiger partial charge in [-0.3, -0.25) is 0 Å². The molecule has 0 bridgehead atoms. The average Bonchev–Trinajstić information content (AvgIpc) is 3.33. The minimum atomic E-state index is -3.28. The van der Waals surface area contributed by atoms with Gasteiger partial charge in [-0.15, -0.1) is 0 Å². The Hall–Kier alpha value is -3.83. The minimum Gasteiger partial charge on any atom is -0.394 e. The van der Waals surface area contributed by atoms with Crippen molar-refractivity contribution in [2.75, 3.05) is 23.5 Å². The van der Waals surface area contributed by atoms with Gasteiger partial charge in [-0.2, -0.15) is 20.4 Å². The first-order chi connectivity index (χ1) is 15.4. The van der Waals surface area contributed by atoms with Crippen molar-refractivity contribution in [3.05, 3.63) is 72.6 Å². The highest BCUT2D eigenvalue weighted by Gasteiger charge is 2.17. The van der Waals surface area contributed by atoms with Crippen molar-refractivity contribution in [1.29, 1.82) is 0 Å². The summed E-state index contributed by atoms with van der Waals surface area (Å²) in [6, 6.07) is 15.4. The van der Waals surface area contributed by atoms with Crippen LogP contribution in [-0.2, 0) is 9.84 Å². The molecule has 164 valence electrons. The third-order valence-corrected chi connectivity index (χ3v) is 5.84. The Morgan fingerprint density at radius 1 is 1.06 bits per heavy atom. The number of hydrogen-bond donors (Lipinski definition) is 4. The molecular formula is C21H21N7O3S. The van der Waals surface area contributed by atoms with E-state index in [0.717, 1.165) is 11.8 Å². The molecule has 0 saturated heterocycles. The Labute approximate surface area is 184 Å². The van der Waals surface area contributed by atoms with Crippen LogP contribution in [0.25, 0.3) is 11.3 Å². The number of nitrogens with zero attached hydrogens (tertiary/aromatic N) is 4. The van der Waals surface area contributed by atoms with Crippen LogP contribution in [-0.4, -0.2) is 51.8 Å². The molecule has 4 rings (SSSR count). The summed E-state index contributed by atoms with van der Waals surface area (Å²) in [5.41, 5.74) is 2.66. The van der Waals surface area contributed by atoms with E-state index in [1.165, 1.54) is 12.1 Å². The molecule has 0 amide bonds. The summed E-state index contributed by atoms with van der Waals surface area (Å²) in [7, 11) is -3.28. The van der Waals surface area contributed by atoms with Gasteiger partial charge < -0.3 is 15.7 Å². The van der Waals surface area contributed by atoms with Crippen LogP contribution >= 0.6 is 0 Å². The van der Waals surface area contributed by atoms with Gasteiger partial charge >= 0.3 is 0 Å². The van der Waals surface area contributed by atoms with Gasteiger partial charge in [0.15, 0.2) is 9.84 Å². The number of aliphatic hydroxyl groups excluding tert-OH is 1. The normalized spacial score (nSPS) is 12.3. The Kier molecular flexibility index (Phi) is 6.10. The summed E-state index contributed by atoms with van der Waals surface area (Å²) < 4.78 is 23.3. The lowest BCUT2D eigenvalue weighted by Gasteiger charge is -2.19. The van der Waals surface area contributed by atoms with Crippen molar-refractivity contribution in [2.45, 2.75) is 10.9 Å². The number of anilines is 3. The molecular weight excluding hydrogens is 430 g/mol. The van der Waals surface area contributed by atoms with Crippen LogP contribution in [0.4, 0.5) is 17.5 Å².